The third-order valence-electron chi connectivity index (χ3n) is 2.83. The van der Waals surface area contributed by atoms with E-state index in [0.717, 1.165) is 0 Å². The number of nitrogens with zero attached hydrogens (tertiary/aromatic N) is 1. The minimum atomic E-state index is -3.86. The zero-order chi connectivity index (χ0) is 16.2. The van der Waals surface area contributed by atoms with Crippen LogP contribution in [-0.2, 0) is 14.8 Å². The van der Waals surface area contributed by atoms with Crippen LogP contribution in [0.3, 0.4) is 0 Å². The van der Waals surface area contributed by atoms with Gasteiger partial charge in [-0.05, 0) is 25.1 Å². The van der Waals surface area contributed by atoms with Gasteiger partial charge in [-0.3, -0.25) is 0 Å². The first kappa shape index (κ1) is 17.2. The summed E-state index contributed by atoms with van der Waals surface area (Å²) in [5, 5.41) is 0. The number of benzene rings is 1. The van der Waals surface area contributed by atoms with Crippen molar-refractivity contribution in [2.24, 2.45) is 0 Å². The highest BCUT2D eigenvalue weighted by Gasteiger charge is 2.28. The second-order valence-corrected chi connectivity index (χ2v) is 6.54. The number of esters is 1. The number of methoxy groups -OCH3 is 1. The van der Waals surface area contributed by atoms with Gasteiger partial charge in [-0.2, -0.15) is 4.31 Å². The molecule has 0 amide bonds. The first-order valence-electron chi connectivity index (χ1n) is 6.36. The predicted molar refractivity (Wildman–Crippen MR) is 81.4 cm³/mol. The lowest BCUT2D eigenvalue weighted by atomic mass is 10.2. The summed E-state index contributed by atoms with van der Waals surface area (Å²) in [6, 6.07) is 4.08. The van der Waals surface area contributed by atoms with E-state index in [1.807, 2.05) is 0 Å². The highest BCUT2D eigenvalue weighted by Crippen LogP contribution is 2.24. The third kappa shape index (κ3) is 3.83. The van der Waals surface area contributed by atoms with Crippen LogP contribution in [0.25, 0.3) is 0 Å². The number of nitrogens with two attached hydrogens (primary N) is 1. The van der Waals surface area contributed by atoms with Crippen molar-refractivity contribution < 1.29 is 17.9 Å². The molecule has 0 aromatic heterocycles. The van der Waals surface area contributed by atoms with Gasteiger partial charge in [-0.1, -0.05) is 19.1 Å². The van der Waals surface area contributed by atoms with E-state index in [-0.39, 0.29) is 29.2 Å². The van der Waals surface area contributed by atoms with Gasteiger partial charge < -0.3 is 10.5 Å². The molecule has 0 heterocycles. The Kier molecular flexibility index (Phi) is 5.51. The van der Waals surface area contributed by atoms with Crippen molar-refractivity contribution in [2.75, 3.05) is 25.9 Å². The van der Waals surface area contributed by atoms with E-state index < -0.39 is 16.0 Å². The number of anilines is 1. The van der Waals surface area contributed by atoms with Crippen LogP contribution < -0.4 is 5.73 Å². The second kappa shape index (κ2) is 6.73. The van der Waals surface area contributed by atoms with Gasteiger partial charge in [0.05, 0.1) is 17.6 Å². The summed E-state index contributed by atoms with van der Waals surface area (Å²) in [7, 11) is -2.67. The van der Waals surface area contributed by atoms with Gasteiger partial charge in [-0.25, -0.2) is 13.2 Å². The van der Waals surface area contributed by atoms with Gasteiger partial charge in [-0.15, -0.1) is 0 Å². The summed E-state index contributed by atoms with van der Waals surface area (Å²) in [4.78, 5) is 11.6. The fourth-order valence-corrected chi connectivity index (χ4v) is 3.56. The SMILES string of the molecule is C=C(C)CN(CC)S(=O)(=O)c1cc(N)ccc1C(=O)OC. The smallest absolute Gasteiger partial charge is 0.339 e. The van der Waals surface area contributed by atoms with Crippen LogP contribution in [0.15, 0.2) is 35.2 Å². The Balaban J connectivity index is 3.45. The van der Waals surface area contributed by atoms with E-state index in [2.05, 4.69) is 11.3 Å². The molecule has 21 heavy (non-hydrogen) atoms. The number of nitrogen functional groups attached to an aromatic ring is 1. The molecular formula is C14H20N2O4S. The highest BCUT2D eigenvalue weighted by molar-refractivity contribution is 7.89. The van der Waals surface area contributed by atoms with Crippen LogP contribution in [0.1, 0.15) is 24.2 Å². The zero-order valence-electron chi connectivity index (χ0n) is 12.4. The van der Waals surface area contributed by atoms with E-state index in [9.17, 15) is 13.2 Å². The lowest BCUT2D eigenvalue weighted by Crippen LogP contribution is -2.33. The molecule has 0 saturated carbocycles. The van der Waals surface area contributed by atoms with Gasteiger partial charge in [0.25, 0.3) is 0 Å². The predicted octanol–water partition coefficient (Wildman–Crippen LogP) is 1.64. The number of hydrogen-bond donors (Lipinski definition) is 1. The van der Waals surface area contributed by atoms with Crippen LogP contribution in [0.4, 0.5) is 5.69 Å². The average Bonchev–Trinajstić information content (AvgIpc) is 2.43. The molecule has 1 rings (SSSR count). The van der Waals surface area contributed by atoms with Crippen LogP contribution in [-0.4, -0.2) is 38.9 Å². The fraction of sp³-hybridized carbons (Fsp3) is 0.357. The van der Waals surface area contributed by atoms with Crippen molar-refractivity contribution in [3.8, 4) is 0 Å². The minimum absolute atomic E-state index is 0.0353. The van der Waals surface area contributed by atoms with Crippen LogP contribution in [0, 0.1) is 0 Å². The van der Waals surface area contributed by atoms with E-state index in [1.54, 1.807) is 13.8 Å². The molecule has 0 radical (unpaired) electrons. The lowest BCUT2D eigenvalue weighted by molar-refractivity contribution is 0.0596. The Morgan fingerprint density at radius 2 is 2.05 bits per heavy atom. The minimum Gasteiger partial charge on any atom is -0.465 e. The van der Waals surface area contributed by atoms with Crippen molar-refractivity contribution >= 4 is 21.7 Å². The summed E-state index contributed by atoms with van der Waals surface area (Å²) >= 11 is 0. The van der Waals surface area contributed by atoms with E-state index in [1.165, 1.54) is 29.6 Å². The molecule has 0 fully saturated rings. The second-order valence-electron chi connectivity index (χ2n) is 4.64. The molecule has 0 unspecified atom stereocenters. The number of carbonyl (C=O) groups is 1. The average molecular weight is 312 g/mol. The van der Waals surface area contributed by atoms with Gasteiger partial charge in [0.15, 0.2) is 0 Å². The summed E-state index contributed by atoms with van der Waals surface area (Å²) in [6.45, 7) is 7.60. The van der Waals surface area contributed by atoms with Gasteiger partial charge in [0.2, 0.25) is 10.0 Å². The number of rotatable bonds is 6. The third-order valence-corrected chi connectivity index (χ3v) is 4.79. The topological polar surface area (TPSA) is 89.7 Å². The lowest BCUT2D eigenvalue weighted by Gasteiger charge is -2.22. The Bertz CT molecular complexity index is 653. The van der Waals surface area contributed by atoms with Crippen molar-refractivity contribution in [2.45, 2.75) is 18.7 Å². The molecule has 116 valence electrons. The number of hydrogen-bond acceptors (Lipinski definition) is 5. The fourth-order valence-electron chi connectivity index (χ4n) is 1.84. The Morgan fingerprint density at radius 3 is 2.52 bits per heavy atom. The highest BCUT2D eigenvalue weighted by atomic mass is 32.2. The maximum Gasteiger partial charge on any atom is 0.339 e. The Hall–Kier alpha value is -1.86. The van der Waals surface area contributed by atoms with Crippen LogP contribution >= 0.6 is 0 Å². The first-order valence-corrected chi connectivity index (χ1v) is 7.80. The quantitative estimate of drug-likeness (QED) is 0.490. The Morgan fingerprint density at radius 1 is 1.43 bits per heavy atom. The van der Waals surface area contributed by atoms with Crippen molar-refractivity contribution in [1.82, 2.24) is 4.31 Å². The standard InChI is InChI=1S/C14H20N2O4S/c1-5-16(9-10(2)3)21(18,19)13-8-11(15)6-7-12(13)14(17)20-4/h6-8H,2,5,9,15H2,1,3-4H3. The molecule has 0 aliphatic rings. The van der Waals surface area contributed by atoms with Crippen LogP contribution in [0.2, 0.25) is 0 Å². The number of likely N-dealkylation sites (N-methyl/N-ethyl adjacent to an activating group) is 1. The first-order chi connectivity index (χ1) is 9.73. The molecule has 1 aromatic rings. The number of carbonyl (C=O) groups excluding carboxylic acids is 1. The van der Waals surface area contributed by atoms with Crippen molar-refractivity contribution in [3.63, 3.8) is 0 Å². The largest absolute Gasteiger partial charge is 0.465 e. The summed E-state index contributed by atoms with van der Waals surface area (Å²) < 4.78 is 31.3. The summed E-state index contributed by atoms with van der Waals surface area (Å²) in [6.07, 6.45) is 0. The molecule has 0 aliphatic carbocycles. The summed E-state index contributed by atoms with van der Waals surface area (Å²) in [5.74, 6) is -0.722. The van der Waals surface area contributed by atoms with E-state index in [0.29, 0.717) is 5.57 Å². The maximum atomic E-state index is 12.7. The molecule has 0 atom stereocenters. The molecule has 0 aliphatic heterocycles. The zero-order valence-corrected chi connectivity index (χ0v) is 13.2. The molecule has 0 bridgehead atoms. The van der Waals surface area contributed by atoms with Gasteiger partial charge >= 0.3 is 5.97 Å². The Labute approximate surface area is 125 Å². The monoisotopic (exact) mass is 312 g/mol. The van der Waals surface area contributed by atoms with Crippen LogP contribution in [0.5, 0.6) is 0 Å². The maximum absolute atomic E-state index is 12.7. The van der Waals surface area contributed by atoms with Gasteiger partial charge in [0, 0.05) is 18.8 Å². The van der Waals surface area contributed by atoms with Crippen molar-refractivity contribution in [1.29, 1.82) is 0 Å². The molecular weight excluding hydrogens is 292 g/mol. The molecule has 7 heteroatoms. The van der Waals surface area contributed by atoms with E-state index in [4.69, 9.17) is 5.73 Å². The molecule has 0 saturated heterocycles. The van der Waals surface area contributed by atoms with E-state index >= 15 is 0 Å². The molecule has 2 N–H and O–H groups in total. The molecule has 0 spiro atoms. The summed E-state index contributed by atoms with van der Waals surface area (Å²) in [5.41, 5.74) is 6.58. The van der Waals surface area contributed by atoms with Crippen molar-refractivity contribution in [3.05, 3.63) is 35.9 Å². The van der Waals surface area contributed by atoms with Gasteiger partial charge in [0.1, 0.15) is 0 Å². The molecule has 6 nitrogen and oxygen atoms in total. The number of ether oxygens (including phenoxy) is 1. The normalized spacial score (nSPS) is 11.4. The number of sulfonamides is 1. The molecule has 1 aromatic carbocycles.